The van der Waals surface area contributed by atoms with E-state index in [9.17, 15) is 9.18 Å². The maximum atomic E-state index is 12.8. The third-order valence-electron chi connectivity index (χ3n) is 4.63. The summed E-state index contributed by atoms with van der Waals surface area (Å²) in [6.07, 6.45) is 3.97. The molecule has 27 heavy (non-hydrogen) atoms. The van der Waals surface area contributed by atoms with Crippen molar-refractivity contribution in [3.63, 3.8) is 0 Å². The Balaban J connectivity index is 1.24. The van der Waals surface area contributed by atoms with Crippen LogP contribution in [-0.4, -0.2) is 25.0 Å². The first-order valence-electron chi connectivity index (χ1n) is 9.07. The van der Waals surface area contributed by atoms with Gasteiger partial charge in [-0.1, -0.05) is 0 Å². The van der Waals surface area contributed by atoms with Crippen LogP contribution in [0.1, 0.15) is 25.7 Å². The van der Waals surface area contributed by atoms with Gasteiger partial charge < -0.3 is 24.8 Å². The van der Waals surface area contributed by atoms with Gasteiger partial charge in [0, 0.05) is 24.6 Å². The van der Waals surface area contributed by atoms with Crippen LogP contribution in [0.15, 0.2) is 42.5 Å². The van der Waals surface area contributed by atoms with Crippen LogP contribution in [0.2, 0.25) is 0 Å². The molecule has 2 aliphatic rings. The molecule has 1 aliphatic carbocycles. The van der Waals surface area contributed by atoms with Crippen LogP contribution >= 0.6 is 0 Å². The van der Waals surface area contributed by atoms with Crippen molar-refractivity contribution >= 4 is 11.7 Å². The number of carbonyl (C=O) groups excluding carboxylic acids is 1. The lowest BCUT2D eigenvalue weighted by Gasteiger charge is -2.21. The van der Waals surface area contributed by atoms with Crippen LogP contribution in [0.5, 0.6) is 17.2 Å². The molecule has 1 saturated carbocycles. The molecule has 7 heteroatoms. The molecule has 0 bridgehead atoms. The zero-order valence-corrected chi connectivity index (χ0v) is 14.8. The quantitative estimate of drug-likeness (QED) is 0.777. The van der Waals surface area contributed by atoms with Gasteiger partial charge in [0.2, 0.25) is 0 Å². The second kappa shape index (κ2) is 7.34. The average molecular weight is 372 g/mol. The van der Waals surface area contributed by atoms with E-state index in [0.29, 0.717) is 23.7 Å². The van der Waals surface area contributed by atoms with E-state index in [1.807, 2.05) is 6.07 Å². The third-order valence-corrected chi connectivity index (χ3v) is 4.63. The second-order valence-corrected chi connectivity index (χ2v) is 6.67. The van der Waals surface area contributed by atoms with Crippen molar-refractivity contribution in [2.45, 2.75) is 31.5 Å². The van der Waals surface area contributed by atoms with Crippen LogP contribution < -0.4 is 24.8 Å². The largest absolute Gasteiger partial charge is 0.492 e. The maximum Gasteiger partial charge on any atom is 0.319 e. The predicted octanol–water partition coefficient (Wildman–Crippen LogP) is 4.07. The fraction of sp³-hybridized carbons (Fsp3) is 0.350. The number of rotatable bonds is 5. The molecule has 0 radical (unpaired) electrons. The summed E-state index contributed by atoms with van der Waals surface area (Å²) in [6.45, 7) is 0.597. The fourth-order valence-electron chi connectivity index (χ4n) is 3.33. The van der Waals surface area contributed by atoms with Crippen LogP contribution in [0.3, 0.4) is 0 Å². The zero-order chi connectivity index (χ0) is 18.7. The summed E-state index contributed by atoms with van der Waals surface area (Å²) >= 11 is 0. The van der Waals surface area contributed by atoms with E-state index in [-0.39, 0.29) is 18.5 Å². The number of hydrogen-bond acceptors (Lipinski definition) is 4. The third kappa shape index (κ3) is 4.07. The minimum atomic E-state index is -0.513. The minimum Gasteiger partial charge on any atom is -0.492 e. The van der Waals surface area contributed by atoms with Gasteiger partial charge in [0.05, 0.1) is 6.54 Å². The van der Waals surface area contributed by atoms with Crippen molar-refractivity contribution in [1.29, 1.82) is 0 Å². The Hall–Kier alpha value is -2.96. The molecular formula is C20H21FN2O4. The van der Waals surface area contributed by atoms with E-state index in [2.05, 4.69) is 10.6 Å². The first-order valence-corrected chi connectivity index (χ1v) is 9.07. The van der Waals surface area contributed by atoms with Crippen molar-refractivity contribution in [3.05, 3.63) is 48.3 Å². The summed E-state index contributed by atoms with van der Waals surface area (Å²) < 4.78 is 30.2. The van der Waals surface area contributed by atoms with Crippen molar-refractivity contribution in [3.8, 4) is 17.2 Å². The van der Waals surface area contributed by atoms with Gasteiger partial charge in [-0.05, 0) is 49.2 Å². The SMILES string of the molecule is O=C(NCCOc1ccc(F)cc1)Nc1ccc2c(c1)OC1(CCCC1)O2. The molecule has 2 aromatic rings. The molecule has 1 fully saturated rings. The summed E-state index contributed by atoms with van der Waals surface area (Å²) in [4.78, 5) is 12.0. The number of urea groups is 1. The number of benzene rings is 2. The molecule has 1 spiro atoms. The number of amides is 2. The van der Waals surface area contributed by atoms with Crippen LogP contribution in [-0.2, 0) is 0 Å². The van der Waals surface area contributed by atoms with Crippen molar-refractivity contribution in [2.75, 3.05) is 18.5 Å². The van der Waals surface area contributed by atoms with E-state index in [1.165, 1.54) is 12.1 Å². The highest BCUT2D eigenvalue weighted by molar-refractivity contribution is 5.89. The molecule has 0 unspecified atom stereocenters. The van der Waals surface area contributed by atoms with Crippen LogP contribution in [0, 0.1) is 5.82 Å². The number of carbonyl (C=O) groups is 1. The Labute approximate surface area is 156 Å². The minimum absolute atomic E-state index is 0.280. The molecule has 4 rings (SSSR count). The van der Waals surface area contributed by atoms with Gasteiger partial charge >= 0.3 is 6.03 Å². The van der Waals surface area contributed by atoms with Crippen LogP contribution in [0.25, 0.3) is 0 Å². The predicted molar refractivity (Wildman–Crippen MR) is 97.8 cm³/mol. The standard InChI is InChI=1S/C20H21FN2O4/c21-14-3-6-16(7-4-14)25-12-11-22-19(24)23-15-5-8-17-18(13-15)27-20(26-17)9-1-2-10-20/h3-8,13H,1-2,9-12H2,(H2,22,23,24). The Kier molecular flexibility index (Phi) is 4.75. The lowest BCUT2D eigenvalue weighted by molar-refractivity contribution is -0.0716. The van der Waals surface area contributed by atoms with Crippen molar-refractivity contribution in [1.82, 2.24) is 5.32 Å². The summed E-state index contributed by atoms with van der Waals surface area (Å²) in [6, 6.07) is 10.8. The van der Waals surface area contributed by atoms with E-state index in [0.717, 1.165) is 31.4 Å². The number of nitrogens with one attached hydrogen (secondary N) is 2. The van der Waals surface area contributed by atoms with Crippen molar-refractivity contribution in [2.24, 2.45) is 0 Å². The average Bonchev–Trinajstić information content (AvgIpc) is 3.26. The maximum absolute atomic E-state index is 12.8. The highest BCUT2D eigenvalue weighted by atomic mass is 19.1. The summed E-state index contributed by atoms with van der Waals surface area (Å²) in [5.41, 5.74) is 0.629. The molecule has 0 aromatic heterocycles. The van der Waals surface area contributed by atoms with Gasteiger partial charge in [-0.2, -0.15) is 0 Å². The first kappa shape index (κ1) is 17.5. The molecule has 142 valence electrons. The molecular weight excluding hydrogens is 351 g/mol. The van der Waals surface area contributed by atoms with Gasteiger partial charge in [0.15, 0.2) is 11.5 Å². The number of halogens is 1. The number of anilines is 1. The Morgan fingerprint density at radius 1 is 1.07 bits per heavy atom. The summed E-state index contributed by atoms with van der Waals surface area (Å²) in [5.74, 6) is 1.10. The van der Waals surface area contributed by atoms with Gasteiger partial charge in [-0.15, -0.1) is 0 Å². The Bertz CT molecular complexity index is 819. The van der Waals surface area contributed by atoms with Gasteiger partial charge in [0.25, 0.3) is 5.79 Å². The number of ether oxygens (including phenoxy) is 3. The van der Waals surface area contributed by atoms with Gasteiger partial charge in [-0.25, -0.2) is 9.18 Å². The topological polar surface area (TPSA) is 68.8 Å². The second-order valence-electron chi connectivity index (χ2n) is 6.67. The number of hydrogen-bond donors (Lipinski definition) is 2. The molecule has 1 aliphatic heterocycles. The highest BCUT2D eigenvalue weighted by Gasteiger charge is 2.44. The monoisotopic (exact) mass is 372 g/mol. The van der Waals surface area contributed by atoms with Crippen LogP contribution in [0.4, 0.5) is 14.9 Å². The summed E-state index contributed by atoms with van der Waals surface area (Å²) in [7, 11) is 0. The van der Waals surface area contributed by atoms with E-state index >= 15 is 0 Å². The lowest BCUT2D eigenvalue weighted by atomic mass is 10.2. The molecule has 2 aromatic carbocycles. The molecule has 0 saturated heterocycles. The molecule has 6 nitrogen and oxygen atoms in total. The van der Waals surface area contributed by atoms with Gasteiger partial charge in [0.1, 0.15) is 18.2 Å². The fourth-order valence-corrected chi connectivity index (χ4v) is 3.33. The van der Waals surface area contributed by atoms with E-state index in [1.54, 1.807) is 24.3 Å². The van der Waals surface area contributed by atoms with E-state index in [4.69, 9.17) is 14.2 Å². The Morgan fingerprint density at radius 3 is 2.59 bits per heavy atom. The van der Waals surface area contributed by atoms with Crippen molar-refractivity contribution < 1.29 is 23.4 Å². The van der Waals surface area contributed by atoms with E-state index < -0.39 is 5.79 Å². The zero-order valence-electron chi connectivity index (χ0n) is 14.8. The lowest BCUT2D eigenvalue weighted by Crippen LogP contribution is -2.34. The first-order chi connectivity index (χ1) is 13.1. The molecule has 1 heterocycles. The smallest absolute Gasteiger partial charge is 0.319 e. The number of fused-ring (bicyclic) bond motifs is 1. The summed E-state index contributed by atoms with van der Waals surface area (Å²) in [5, 5.41) is 5.47. The highest BCUT2D eigenvalue weighted by Crippen LogP contribution is 2.47. The Morgan fingerprint density at radius 2 is 1.81 bits per heavy atom. The molecule has 0 atom stereocenters. The van der Waals surface area contributed by atoms with Gasteiger partial charge in [-0.3, -0.25) is 0 Å². The molecule has 2 N–H and O–H groups in total. The molecule has 2 amide bonds. The normalized spacial score (nSPS) is 16.3.